The molecule has 1 aliphatic heterocycles. The summed E-state index contributed by atoms with van der Waals surface area (Å²) in [4.78, 5) is 2.62. The normalized spacial score (nSPS) is 19.4. The van der Waals surface area contributed by atoms with E-state index < -0.39 is 0 Å². The van der Waals surface area contributed by atoms with Crippen molar-refractivity contribution in [2.24, 2.45) is 5.92 Å². The summed E-state index contributed by atoms with van der Waals surface area (Å²) in [5.41, 5.74) is 8.46. The first-order chi connectivity index (χ1) is 14.2. The summed E-state index contributed by atoms with van der Waals surface area (Å²) in [6.45, 7) is 23.3. The number of likely N-dealkylation sites (tertiary alicyclic amines) is 1. The number of nitrogens with zero attached hydrogens (tertiary/aromatic N) is 1. The maximum absolute atomic E-state index is 6.08. The first-order valence-electron chi connectivity index (χ1n) is 11.4. The molecule has 166 valence electrons. The summed E-state index contributed by atoms with van der Waals surface area (Å²) >= 11 is 0. The molecule has 1 aromatic carbocycles. The van der Waals surface area contributed by atoms with Crippen LogP contribution in [-0.4, -0.2) is 30.2 Å². The highest BCUT2D eigenvalue weighted by Gasteiger charge is 2.27. The molecule has 2 heteroatoms. The van der Waals surface area contributed by atoms with Gasteiger partial charge in [0.2, 0.25) is 0 Å². The van der Waals surface area contributed by atoms with Crippen molar-refractivity contribution in [1.82, 2.24) is 4.90 Å². The topological polar surface area (TPSA) is 27.1 Å². The minimum absolute atomic E-state index is 0.513. The predicted octanol–water partition coefficient (Wildman–Crippen LogP) is 7.60. The summed E-state index contributed by atoms with van der Waals surface area (Å²) in [6, 6.07) is 6.89. The molecule has 1 saturated heterocycles. The number of benzene rings is 1. The summed E-state index contributed by atoms with van der Waals surface area (Å²) in [7, 11) is 0. The molecule has 0 aromatic heterocycles. The van der Waals surface area contributed by atoms with Crippen LogP contribution in [0.2, 0.25) is 0 Å². The number of hydrogen-bond donors (Lipinski definition) is 1. The third-order valence-electron chi connectivity index (χ3n) is 6.34. The second kappa shape index (κ2) is 13.4. The summed E-state index contributed by atoms with van der Waals surface area (Å²) in [6.07, 6.45) is 10.1. The highest BCUT2D eigenvalue weighted by atomic mass is 15.2. The van der Waals surface area contributed by atoms with E-state index in [1.165, 1.54) is 79.2 Å². The van der Waals surface area contributed by atoms with Crippen LogP contribution in [0.25, 0.3) is 0 Å². The second-order valence-electron chi connectivity index (χ2n) is 8.89. The Kier molecular flexibility index (Phi) is 11.7. The fourth-order valence-corrected chi connectivity index (χ4v) is 4.31. The minimum Gasteiger partial charge on any atom is -0.313 e. The Morgan fingerprint density at radius 3 is 2.00 bits per heavy atom. The Labute approximate surface area is 186 Å². The predicted molar refractivity (Wildman–Crippen MR) is 135 cm³/mol. The first-order valence-corrected chi connectivity index (χ1v) is 11.4. The molecule has 0 radical (unpaired) electrons. The smallest absolute Gasteiger partial charge is 0.0515 e. The van der Waals surface area contributed by atoms with Crippen molar-refractivity contribution < 1.29 is 0 Å². The Morgan fingerprint density at radius 2 is 1.63 bits per heavy atom. The lowest BCUT2D eigenvalue weighted by molar-refractivity contribution is 0.292. The molecule has 2 atom stereocenters. The third-order valence-corrected chi connectivity index (χ3v) is 6.34. The van der Waals surface area contributed by atoms with Crippen LogP contribution in [0.5, 0.6) is 0 Å². The van der Waals surface area contributed by atoms with Crippen LogP contribution in [0.15, 0.2) is 54.2 Å². The van der Waals surface area contributed by atoms with Gasteiger partial charge in [0.15, 0.2) is 0 Å². The van der Waals surface area contributed by atoms with Gasteiger partial charge >= 0.3 is 0 Å². The Hall–Kier alpha value is -1.93. The Balaban J connectivity index is 0.000000313. The molecular formula is C28H44N2. The van der Waals surface area contributed by atoms with E-state index >= 15 is 0 Å². The number of hydrogen-bond acceptors (Lipinski definition) is 2. The summed E-state index contributed by atoms with van der Waals surface area (Å²) < 4.78 is 0. The molecule has 1 aromatic rings. The van der Waals surface area contributed by atoms with Gasteiger partial charge in [-0.2, -0.15) is 0 Å². The van der Waals surface area contributed by atoms with E-state index in [9.17, 15) is 0 Å². The van der Waals surface area contributed by atoms with Crippen molar-refractivity contribution in [3.8, 4) is 0 Å². The highest BCUT2D eigenvalue weighted by Crippen LogP contribution is 2.33. The lowest BCUT2D eigenvalue weighted by Gasteiger charge is -2.33. The quantitative estimate of drug-likeness (QED) is 0.403. The number of allylic oxidation sites excluding steroid dienone is 2. The summed E-state index contributed by atoms with van der Waals surface area (Å²) in [5.74, 6) is 0.707. The Morgan fingerprint density at radius 1 is 1.10 bits per heavy atom. The van der Waals surface area contributed by atoms with Crippen LogP contribution in [0, 0.1) is 32.1 Å². The zero-order valence-corrected chi connectivity index (χ0v) is 20.4. The molecular weight excluding hydrogens is 364 g/mol. The van der Waals surface area contributed by atoms with E-state index in [2.05, 4.69) is 77.0 Å². The minimum atomic E-state index is 0.513. The lowest BCUT2D eigenvalue weighted by Crippen LogP contribution is -2.36. The van der Waals surface area contributed by atoms with E-state index in [1.54, 1.807) is 12.5 Å². The van der Waals surface area contributed by atoms with E-state index in [1.807, 2.05) is 0 Å². The average molecular weight is 409 g/mol. The molecule has 2 unspecified atom stereocenters. The van der Waals surface area contributed by atoms with Gasteiger partial charge < -0.3 is 5.41 Å². The van der Waals surface area contributed by atoms with E-state index in [4.69, 9.17) is 5.41 Å². The fraction of sp³-hybridized carbons (Fsp3) is 0.536. The van der Waals surface area contributed by atoms with Crippen LogP contribution in [0.3, 0.4) is 0 Å². The van der Waals surface area contributed by atoms with Crippen molar-refractivity contribution in [3.63, 3.8) is 0 Å². The van der Waals surface area contributed by atoms with Gasteiger partial charge in [-0.25, -0.2) is 0 Å². The maximum Gasteiger partial charge on any atom is 0.0515 e. The van der Waals surface area contributed by atoms with Gasteiger partial charge in [-0.15, -0.1) is 0 Å². The van der Waals surface area contributed by atoms with Gasteiger partial charge in [-0.1, -0.05) is 54.2 Å². The number of rotatable bonds is 4. The van der Waals surface area contributed by atoms with E-state index in [0.717, 1.165) is 0 Å². The van der Waals surface area contributed by atoms with Crippen LogP contribution < -0.4 is 0 Å². The van der Waals surface area contributed by atoms with Gasteiger partial charge in [-0.05, 0) is 116 Å². The monoisotopic (exact) mass is 408 g/mol. The maximum atomic E-state index is 6.08. The molecule has 0 amide bonds. The van der Waals surface area contributed by atoms with Crippen molar-refractivity contribution in [2.45, 2.75) is 79.7 Å². The van der Waals surface area contributed by atoms with Crippen LogP contribution in [-0.2, 0) is 0 Å². The molecule has 0 saturated carbocycles. The zero-order valence-electron chi connectivity index (χ0n) is 20.4. The molecule has 1 N–H and O–H groups in total. The molecule has 30 heavy (non-hydrogen) atoms. The van der Waals surface area contributed by atoms with Gasteiger partial charge in [0, 0.05) is 0 Å². The van der Waals surface area contributed by atoms with E-state index in [0.29, 0.717) is 12.0 Å². The molecule has 1 fully saturated rings. The van der Waals surface area contributed by atoms with E-state index in [-0.39, 0.29) is 0 Å². The average Bonchev–Trinajstić information content (AvgIpc) is 3.21. The molecule has 2 nitrogen and oxygen atoms in total. The van der Waals surface area contributed by atoms with Gasteiger partial charge in [-0.3, -0.25) is 4.90 Å². The molecule has 0 bridgehead atoms. The van der Waals surface area contributed by atoms with Gasteiger partial charge in [0.1, 0.15) is 0 Å². The van der Waals surface area contributed by atoms with Crippen molar-refractivity contribution in [2.75, 3.05) is 13.1 Å². The SMILES string of the molecule is C=C(C)C1CC=C(C(C(=C)C)N2CCCC2)CC1.CC=N.Cc1cccc(C)c1C. The zero-order chi connectivity index (χ0) is 22.7. The molecule has 1 heterocycles. The summed E-state index contributed by atoms with van der Waals surface area (Å²) in [5, 5.41) is 6.08. The molecule has 0 spiro atoms. The molecule has 2 aliphatic rings. The first kappa shape index (κ1) is 26.1. The van der Waals surface area contributed by atoms with Crippen molar-refractivity contribution >= 4 is 6.21 Å². The lowest BCUT2D eigenvalue weighted by atomic mass is 9.82. The number of aryl methyl sites for hydroxylation is 2. The third kappa shape index (κ3) is 8.07. The Bertz CT molecular complexity index is 715. The van der Waals surface area contributed by atoms with Gasteiger partial charge in [0.05, 0.1) is 6.04 Å². The molecule has 3 rings (SSSR count). The van der Waals surface area contributed by atoms with Crippen molar-refractivity contribution in [1.29, 1.82) is 5.41 Å². The molecule has 1 aliphatic carbocycles. The van der Waals surface area contributed by atoms with Gasteiger partial charge in [0.25, 0.3) is 0 Å². The van der Waals surface area contributed by atoms with Crippen LogP contribution in [0.4, 0.5) is 0 Å². The standard InChI is InChI=1S/C17H27N.C9H12.C2H5N/c1-13(2)15-7-9-16(10-8-15)17(14(3)4)18-11-5-6-12-18;1-7-5-4-6-8(2)9(7)3;1-2-3/h9,15,17H,1,3,5-8,10-12H2,2,4H3;4-6H,1-3H3;2-3H,1H3. The highest BCUT2D eigenvalue weighted by molar-refractivity contribution is 5.48. The van der Waals surface area contributed by atoms with Crippen LogP contribution >= 0.6 is 0 Å². The number of nitrogens with one attached hydrogen (secondary N) is 1. The van der Waals surface area contributed by atoms with Crippen LogP contribution in [0.1, 0.15) is 69.6 Å². The largest absolute Gasteiger partial charge is 0.313 e. The fourth-order valence-electron chi connectivity index (χ4n) is 4.31. The second-order valence-corrected chi connectivity index (χ2v) is 8.89. The van der Waals surface area contributed by atoms with Crippen molar-refractivity contribution in [3.05, 3.63) is 70.8 Å².